The number of nitrogens with one attached hydrogen (secondary N) is 4. The van der Waals surface area contributed by atoms with Gasteiger partial charge in [-0.3, -0.25) is 24.8 Å². The van der Waals surface area contributed by atoms with E-state index in [-0.39, 0.29) is 41.0 Å². The summed E-state index contributed by atoms with van der Waals surface area (Å²) < 4.78 is 56.3. The SMILES string of the molecule is CS(=O)(=O)NCc1cc(F)cc(-c2cncc3[nH]c(-c4n[nH]c5cnc(-c6cncc(NC(=O)C7CCCC7)c6)c(F)c45)nc23)c1. The Balaban J connectivity index is 1.25. The number of halogens is 2. The van der Waals surface area contributed by atoms with Crippen LogP contribution in [0.5, 0.6) is 0 Å². The fourth-order valence-electron chi connectivity index (χ4n) is 5.80. The monoisotopic (exact) mass is 643 g/mol. The Labute approximate surface area is 261 Å². The van der Waals surface area contributed by atoms with Gasteiger partial charge in [-0.25, -0.2) is 26.9 Å². The van der Waals surface area contributed by atoms with Gasteiger partial charge in [-0.15, -0.1) is 0 Å². The molecule has 5 aromatic heterocycles. The molecule has 6 aromatic rings. The van der Waals surface area contributed by atoms with Crippen LogP contribution in [0.3, 0.4) is 0 Å². The van der Waals surface area contributed by atoms with Crippen LogP contribution < -0.4 is 10.0 Å². The van der Waals surface area contributed by atoms with Gasteiger partial charge in [0.15, 0.2) is 11.6 Å². The maximum atomic E-state index is 16.2. The van der Waals surface area contributed by atoms with E-state index in [1.807, 2.05) is 0 Å². The lowest BCUT2D eigenvalue weighted by molar-refractivity contribution is -0.119. The third-order valence-electron chi connectivity index (χ3n) is 7.98. The van der Waals surface area contributed by atoms with Gasteiger partial charge in [0.05, 0.1) is 52.5 Å². The number of imidazole rings is 1. The summed E-state index contributed by atoms with van der Waals surface area (Å²) in [4.78, 5) is 33.3. The molecule has 0 saturated heterocycles. The Morgan fingerprint density at radius 1 is 0.957 bits per heavy atom. The molecule has 1 aliphatic carbocycles. The summed E-state index contributed by atoms with van der Waals surface area (Å²) in [6.45, 7) is -0.0982. The largest absolute Gasteiger partial charge is 0.335 e. The number of H-pyrrole nitrogens is 2. The van der Waals surface area contributed by atoms with Crippen molar-refractivity contribution in [2.24, 2.45) is 5.92 Å². The summed E-state index contributed by atoms with van der Waals surface area (Å²) >= 11 is 0. The number of rotatable bonds is 8. The van der Waals surface area contributed by atoms with E-state index in [4.69, 9.17) is 4.98 Å². The van der Waals surface area contributed by atoms with Crippen molar-refractivity contribution in [3.8, 4) is 33.9 Å². The topological polar surface area (TPSA) is 171 Å². The summed E-state index contributed by atoms with van der Waals surface area (Å²) in [5.41, 5.74) is 3.61. The molecule has 0 bridgehead atoms. The van der Waals surface area contributed by atoms with E-state index in [0.29, 0.717) is 44.5 Å². The van der Waals surface area contributed by atoms with Gasteiger partial charge < -0.3 is 10.3 Å². The standard InChI is InChI=1S/C31H27F2N9O3S/c1-46(44,45)37-10-16-6-18(8-20(32)7-16)22-13-35-14-24-28(22)40-30(39-24)29-25-23(41-42-29)15-36-27(26(25)33)19-9-21(12-34-11-19)38-31(43)17-4-2-3-5-17/h6-9,11-15,17,37H,2-5,10H2,1H3,(H,38,43)(H,39,40)(H,41,42). The molecule has 46 heavy (non-hydrogen) atoms. The zero-order chi connectivity index (χ0) is 32.0. The molecule has 7 rings (SSSR count). The molecule has 4 N–H and O–H groups in total. The van der Waals surface area contributed by atoms with Crippen LogP contribution >= 0.6 is 0 Å². The summed E-state index contributed by atoms with van der Waals surface area (Å²) in [6.07, 6.45) is 12.3. The van der Waals surface area contributed by atoms with E-state index in [1.54, 1.807) is 12.1 Å². The number of fused-ring (bicyclic) bond motifs is 2. The molecule has 0 atom stereocenters. The van der Waals surface area contributed by atoms with Crippen molar-refractivity contribution in [3.05, 3.63) is 72.4 Å². The highest BCUT2D eigenvalue weighted by Crippen LogP contribution is 2.35. The number of nitrogens with zero attached hydrogens (tertiary/aromatic N) is 5. The van der Waals surface area contributed by atoms with Crippen LogP contribution in [0.25, 0.3) is 55.8 Å². The van der Waals surface area contributed by atoms with Crippen LogP contribution in [-0.2, 0) is 21.4 Å². The molecule has 12 nitrogen and oxygen atoms in total. The van der Waals surface area contributed by atoms with Crippen molar-refractivity contribution in [2.75, 3.05) is 11.6 Å². The minimum absolute atomic E-state index is 0.0214. The highest BCUT2D eigenvalue weighted by Gasteiger charge is 2.24. The predicted octanol–water partition coefficient (Wildman–Crippen LogP) is 5.08. The number of pyridine rings is 3. The minimum atomic E-state index is -3.49. The molecular weight excluding hydrogens is 616 g/mol. The van der Waals surface area contributed by atoms with Crippen molar-refractivity contribution in [1.29, 1.82) is 0 Å². The lowest BCUT2D eigenvalue weighted by atomic mass is 10.0. The van der Waals surface area contributed by atoms with Gasteiger partial charge in [0.25, 0.3) is 0 Å². The number of amides is 1. The van der Waals surface area contributed by atoms with E-state index < -0.39 is 21.7 Å². The first-order chi connectivity index (χ1) is 22.1. The first kappa shape index (κ1) is 29.6. The quantitative estimate of drug-likeness (QED) is 0.178. The van der Waals surface area contributed by atoms with Crippen LogP contribution in [0.4, 0.5) is 14.5 Å². The maximum absolute atomic E-state index is 16.2. The Bertz CT molecular complexity index is 2250. The molecule has 1 saturated carbocycles. The van der Waals surface area contributed by atoms with Crippen molar-refractivity contribution in [2.45, 2.75) is 32.2 Å². The van der Waals surface area contributed by atoms with E-state index in [0.717, 1.165) is 31.9 Å². The van der Waals surface area contributed by atoms with E-state index in [1.165, 1.54) is 43.1 Å². The number of carbonyl (C=O) groups is 1. The van der Waals surface area contributed by atoms with Crippen LogP contribution in [0.1, 0.15) is 31.2 Å². The molecule has 234 valence electrons. The lowest BCUT2D eigenvalue weighted by Gasteiger charge is -2.11. The molecular formula is C31H27F2N9O3S. The van der Waals surface area contributed by atoms with E-state index in [2.05, 4.69) is 40.2 Å². The Hall–Kier alpha value is -5.15. The smallest absolute Gasteiger partial charge is 0.227 e. The fourth-order valence-corrected chi connectivity index (χ4v) is 6.23. The summed E-state index contributed by atoms with van der Waals surface area (Å²) in [5.74, 6) is -1.10. The molecule has 0 radical (unpaired) electrons. The van der Waals surface area contributed by atoms with E-state index >= 15 is 4.39 Å². The third kappa shape index (κ3) is 5.81. The third-order valence-corrected chi connectivity index (χ3v) is 8.64. The zero-order valence-electron chi connectivity index (χ0n) is 24.4. The number of hydrogen-bond acceptors (Lipinski definition) is 8. The molecule has 1 fully saturated rings. The van der Waals surface area contributed by atoms with Gasteiger partial charge in [0, 0.05) is 36.0 Å². The fraction of sp³-hybridized carbons (Fsp3) is 0.226. The zero-order valence-corrected chi connectivity index (χ0v) is 25.3. The van der Waals surface area contributed by atoms with Crippen LogP contribution in [0, 0.1) is 17.6 Å². The second-order valence-corrected chi connectivity index (χ2v) is 13.2. The van der Waals surface area contributed by atoms with Gasteiger partial charge in [-0.1, -0.05) is 12.8 Å². The highest BCUT2D eigenvalue weighted by molar-refractivity contribution is 7.88. The van der Waals surface area contributed by atoms with Gasteiger partial charge in [0.2, 0.25) is 15.9 Å². The van der Waals surface area contributed by atoms with Gasteiger partial charge in [0.1, 0.15) is 17.2 Å². The van der Waals surface area contributed by atoms with E-state index in [9.17, 15) is 17.6 Å². The van der Waals surface area contributed by atoms with Gasteiger partial charge in [-0.2, -0.15) is 5.10 Å². The molecule has 1 aromatic carbocycles. The van der Waals surface area contributed by atoms with Crippen molar-refractivity contribution >= 4 is 43.6 Å². The Kier molecular flexibility index (Phi) is 7.49. The molecule has 15 heteroatoms. The average molecular weight is 644 g/mol. The number of anilines is 1. The second kappa shape index (κ2) is 11.7. The molecule has 0 unspecified atom stereocenters. The molecule has 1 aliphatic rings. The summed E-state index contributed by atoms with van der Waals surface area (Å²) in [6, 6.07) is 5.82. The van der Waals surface area contributed by atoms with Crippen LogP contribution in [-0.4, -0.2) is 55.7 Å². The Morgan fingerprint density at radius 2 is 1.76 bits per heavy atom. The summed E-state index contributed by atoms with van der Waals surface area (Å²) in [7, 11) is -3.49. The number of carbonyl (C=O) groups excluding carboxylic acids is 1. The second-order valence-electron chi connectivity index (χ2n) is 11.3. The molecule has 1 amide bonds. The van der Waals surface area contributed by atoms with Crippen LogP contribution in [0.15, 0.2) is 55.2 Å². The van der Waals surface area contributed by atoms with Crippen molar-refractivity contribution in [3.63, 3.8) is 0 Å². The molecule has 5 heterocycles. The molecule has 0 spiro atoms. The number of benzene rings is 1. The first-order valence-corrected chi connectivity index (χ1v) is 16.4. The first-order valence-electron chi connectivity index (χ1n) is 14.5. The number of hydrogen-bond donors (Lipinski definition) is 4. The lowest BCUT2D eigenvalue weighted by Crippen LogP contribution is -2.21. The number of sulfonamides is 1. The van der Waals surface area contributed by atoms with Gasteiger partial charge >= 0.3 is 0 Å². The number of aromatic nitrogens is 7. The highest BCUT2D eigenvalue weighted by atomic mass is 32.2. The summed E-state index contributed by atoms with van der Waals surface area (Å²) in [5, 5.41) is 10.1. The van der Waals surface area contributed by atoms with Gasteiger partial charge in [-0.05, 0) is 48.2 Å². The normalized spacial score (nSPS) is 14.0. The van der Waals surface area contributed by atoms with Crippen LogP contribution in [0.2, 0.25) is 0 Å². The number of aromatic amines is 2. The average Bonchev–Trinajstić information content (AvgIpc) is 3.80. The molecule has 0 aliphatic heterocycles. The Morgan fingerprint density at radius 3 is 2.57 bits per heavy atom. The maximum Gasteiger partial charge on any atom is 0.227 e. The van der Waals surface area contributed by atoms with Crippen molar-refractivity contribution in [1.82, 2.24) is 39.8 Å². The minimum Gasteiger partial charge on any atom is -0.335 e. The van der Waals surface area contributed by atoms with Crippen molar-refractivity contribution < 1.29 is 22.0 Å². The predicted molar refractivity (Wildman–Crippen MR) is 168 cm³/mol.